The fourth-order valence-electron chi connectivity index (χ4n) is 2.11. The number of carbonyl (C=O) groups excluding carboxylic acids is 1. The minimum Gasteiger partial charge on any atom is -0.463 e. The van der Waals surface area contributed by atoms with Crippen molar-refractivity contribution >= 4 is 26.9 Å². The molecular weight excluding hydrogens is 304 g/mol. The summed E-state index contributed by atoms with van der Waals surface area (Å²) in [6, 6.07) is 7.32. The first kappa shape index (κ1) is 16.5. The van der Waals surface area contributed by atoms with Gasteiger partial charge in [-0.3, -0.25) is 4.79 Å². The molecule has 0 aliphatic carbocycles. The third-order valence-corrected chi connectivity index (χ3v) is 5.36. The first-order valence-electron chi connectivity index (χ1n) is 7.14. The van der Waals surface area contributed by atoms with Crippen LogP contribution in [0.4, 0.5) is 0 Å². The van der Waals surface area contributed by atoms with Gasteiger partial charge < -0.3 is 9.73 Å². The molecular formula is C15H20N2O4S. The van der Waals surface area contributed by atoms with Crippen molar-refractivity contribution in [3.8, 4) is 0 Å². The summed E-state index contributed by atoms with van der Waals surface area (Å²) in [5, 5.41) is 3.55. The first-order valence-corrected chi connectivity index (χ1v) is 8.75. The minimum absolute atomic E-state index is 0.0802. The lowest BCUT2D eigenvalue weighted by molar-refractivity contribution is 0.0953. The molecule has 6 nitrogen and oxygen atoms in total. The van der Waals surface area contributed by atoms with E-state index < -0.39 is 10.0 Å². The predicted octanol–water partition coefficient (Wildman–Crippen LogP) is 1.83. The third-order valence-electron chi connectivity index (χ3n) is 3.50. The summed E-state index contributed by atoms with van der Waals surface area (Å²) in [5.41, 5.74) is 1.16. The van der Waals surface area contributed by atoms with Crippen molar-refractivity contribution in [1.29, 1.82) is 0 Å². The molecule has 2 rings (SSSR count). The zero-order chi connectivity index (χ0) is 16.2. The number of rotatable bonds is 7. The lowest BCUT2D eigenvalue weighted by Crippen LogP contribution is -2.32. The van der Waals surface area contributed by atoms with Gasteiger partial charge in [0, 0.05) is 25.5 Å². The highest BCUT2D eigenvalue weighted by Gasteiger charge is 2.15. The normalized spacial score (nSPS) is 12.0. The van der Waals surface area contributed by atoms with E-state index >= 15 is 0 Å². The molecule has 0 aliphatic heterocycles. The van der Waals surface area contributed by atoms with Crippen molar-refractivity contribution in [3.05, 3.63) is 36.1 Å². The van der Waals surface area contributed by atoms with Crippen molar-refractivity contribution in [2.45, 2.75) is 13.3 Å². The zero-order valence-electron chi connectivity index (χ0n) is 12.7. The van der Waals surface area contributed by atoms with Gasteiger partial charge in [-0.2, -0.15) is 0 Å². The Balaban J connectivity index is 1.86. The molecule has 0 unspecified atom stereocenters. The van der Waals surface area contributed by atoms with Gasteiger partial charge in [0.05, 0.1) is 11.3 Å². The van der Waals surface area contributed by atoms with Crippen LogP contribution in [-0.2, 0) is 10.0 Å². The molecule has 0 saturated carbocycles. The molecule has 7 heteroatoms. The zero-order valence-corrected chi connectivity index (χ0v) is 13.5. The predicted molar refractivity (Wildman–Crippen MR) is 85.3 cm³/mol. The number of hydrogen-bond donors (Lipinski definition) is 1. The molecule has 2 aromatic rings. The van der Waals surface area contributed by atoms with Gasteiger partial charge in [0.1, 0.15) is 11.8 Å². The Kier molecular flexibility index (Phi) is 5.20. The topological polar surface area (TPSA) is 79.6 Å². The van der Waals surface area contributed by atoms with Crippen LogP contribution in [0, 0.1) is 0 Å². The second kappa shape index (κ2) is 6.93. The Morgan fingerprint density at radius 3 is 2.77 bits per heavy atom. The molecule has 1 heterocycles. The number of nitrogens with zero attached hydrogens (tertiary/aromatic N) is 1. The highest BCUT2D eigenvalue weighted by molar-refractivity contribution is 7.89. The highest BCUT2D eigenvalue weighted by Crippen LogP contribution is 2.20. The third kappa shape index (κ3) is 3.66. The molecule has 0 aliphatic rings. The summed E-state index contributed by atoms with van der Waals surface area (Å²) in [5.74, 6) is -0.136. The smallest absolute Gasteiger partial charge is 0.255 e. The number of furan rings is 1. The molecule has 0 spiro atoms. The second-order valence-corrected chi connectivity index (χ2v) is 7.34. The van der Waals surface area contributed by atoms with Crippen LogP contribution in [0.25, 0.3) is 11.0 Å². The molecule has 1 aromatic carbocycles. The van der Waals surface area contributed by atoms with Crippen LogP contribution in [0.2, 0.25) is 0 Å². The molecule has 1 aromatic heterocycles. The average Bonchev–Trinajstić information content (AvgIpc) is 2.95. The molecule has 1 N–H and O–H groups in total. The van der Waals surface area contributed by atoms with Crippen LogP contribution in [-0.4, -0.2) is 44.5 Å². The van der Waals surface area contributed by atoms with Crippen molar-refractivity contribution in [3.63, 3.8) is 0 Å². The van der Waals surface area contributed by atoms with E-state index in [0.717, 1.165) is 5.39 Å². The van der Waals surface area contributed by atoms with Gasteiger partial charge in [-0.25, -0.2) is 12.7 Å². The maximum Gasteiger partial charge on any atom is 0.255 e. The van der Waals surface area contributed by atoms with Crippen LogP contribution in [0.3, 0.4) is 0 Å². The number of amides is 1. The second-order valence-electron chi connectivity index (χ2n) is 4.98. The molecule has 0 fully saturated rings. The van der Waals surface area contributed by atoms with E-state index in [1.165, 1.54) is 10.6 Å². The van der Waals surface area contributed by atoms with Crippen molar-refractivity contribution in [1.82, 2.24) is 9.62 Å². The molecule has 0 radical (unpaired) electrons. The molecule has 1 amide bonds. The van der Waals surface area contributed by atoms with E-state index in [1.807, 2.05) is 18.2 Å². The van der Waals surface area contributed by atoms with Crippen molar-refractivity contribution in [2.24, 2.45) is 0 Å². The van der Waals surface area contributed by atoms with E-state index in [9.17, 15) is 13.2 Å². The SMILES string of the molecule is CCS(=O)(=O)N(C)CCCNC(=O)c1coc2ccccc12. The maximum atomic E-state index is 12.1. The number of carbonyl (C=O) groups is 1. The van der Waals surface area contributed by atoms with Gasteiger partial charge in [-0.15, -0.1) is 0 Å². The Morgan fingerprint density at radius 1 is 1.32 bits per heavy atom. The summed E-state index contributed by atoms with van der Waals surface area (Å²) in [4.78, 5) is 12.1. The minimum atomic E-state index is -3.17. The molecule has 120 valence electrons. The summed E-state index contributed by atoms with van der Waals surface area (Å²) in [6.07, 6.45) is 1.99. The van der Waals surface area contributed by atoms with E-state index in [4.69, 9.17) is 4.42 Å². The Bertz CT molecular complexity index is 752. The van der Waals surface area contributed by atoms with Gasteiger partial charge in [0.2, 0.25) is 10.0 Å². The van der Waals surface area contributed by atoms with Gasteiger partial charge in [0.15, 0.2) is 0 Å². The maximum absolute atomic E-state index is 12.1. The van der Waals surface area contributed by atoms with Crippen LogP contribution in [0.1, 0.15) is 23.7 Å². The number of benzene rings is 1. The number of fused-ring (bicyclic) bond motifs is 1. The number of para-hydroxylation sites is 1. The summed E-state index contributed by atoms with van der Waals surface area (Å²) in [6.45, 7) is 2.39. The van der Waals surface area contributed by atoms with Crippen molar-refractivity contribution in [2.75, 3.05) is 25.9 Å². The number of nitrogens with one attached hydrogen (secondary N) is 1. The van der Waals surface area contributed by atoms with Gasteiger partial charge >= 0.3 is 0 Å². The highest BCUT2D eigenvalue weighted by atomic mass is 32.2. The van der Waals surface area contributed by atoms with Crippen LogP contribution < -0.4 is 5.32 Å². The standard InChI is InChI=1S/C15H20N2O4S/c1-3-22(19,20)17(2)10-6-9-16-15(18)13-11-21-14-8-5-4-7-12(13)14/h4-5,7-8,11H,3,6,9-10H2,1-2H3,(H,16,18). The Labute approximate surface area is 130 Å². The van der Waals surface area contributed by atoms with Gasteiger partial charge in [0.25, 0.3) is 5.91 Å². The lowest BCUT2D eigenvalue weighted by atomic mass is 10.1. The van der Waals surface area contributed by atoms with E-state index in [0.29, 0.717) is 30.7 Å². The van der Waals surface area contributed by atoms with Crippen LogP contribution in [0.15, 0.2) is 34.9 Å². The quantitative estimate of drug-likeness (QED) is 0.788. The Morgan fingerprint density at radius 2 is 2.05 bits per heavy atom. The van der Waals surface area contributed by atoms with Crippen molar-refractivity contribution < 1.29 is 17.6 Å². The number of hydrogen-bond acceptors (Lipinski definition) is 4. The largest absolute Gasteiger partial charge is 0.463 e. The fraction of sp³-hybridized carbons (Fsp3) is 0.400. The average molecular weight is 324 g/mol. The molecule has 0 bridgehead atoms. The summed E-state index contributed by atoms with van der Waals surface area (Å²) < 4.78 is 29.8. The van der Waals surface area contributed by atoms with E-state index in [1.54, 1.807) is 20.0 Å². The number of sulfonamides is 1. The molecule has 0 atom stereocenters. The fourth-order valence-corrected chi connectivity index (χ4v) is 2.96. The lowest BCUT2D eigenvalue weighted by Gasteiger charge is -2.15. The van der Waals surface area contributed by atoms with Gasteiger partial charge in [-0.05, 0) is 19.4 Å². The Hall–Kier alpha value is -1.86. The van der Waals surface area contributed by atoms with E-state index in [2.05, 4.69) is 5.32 Å². The van der Waals surface area contributed by atoms with Crippen LogP contribution in [0.5, 0.6) is 0 Å². The van der Waals surface area contributed by atoms with Gasteiger partial charge in [-0.1, -0.05) is 18.2 Å². The monoisotopic (exact) mass is 324 g/mol. The molecule has 0 saturated heterocycles. The summed E-state index contributed by atoms with van der Waals surface area (Å²) in [7, 11) is -1.62. The molecule has 22 heavy (non-hydrogen) atoms. The summed E-state index contributed by atoms with van der Waals surface area (Å²) >= 11 is 0. The van der Waals surface area contributed by atoms with E-state index in [-0.39, 0.29) is 11.7 Å². The first-order chi connectivity index (χ1) is 10.5. The van der Waals surface area contributed by atoms with Crippen LogP contribution >= 0.6 is 0 Å².